The van der Waals surface area contributed by atoms with Crippen molar-refractivity contribution < 1.29 is 13.6 Å². The second kappa shape index (κ2) is 6.83. The number of aromatic nitrogens is 2. The van der Waals surface area contributed by atoms with Crippen molar-refractivity contribution in [1.29, 1.82) is 0 Å². The highest BCUT2D eigenvalue weighted by atomic mass is 32.1. The van der Waals surface area contributed by atoms with E-state index in [0.717, 1.165) is 27.6 Å². The van der Waals surface area contributed by atoms with E-state index in [4.69, 9.17) is 0 Å². The van der Waals surface area contributed by atoms with E-state index in [9.17, 15) is 13.6 Å². The molecule has 0 aliphatic carbocycles. The summed E-state index contributed by atoms with van der Waals surface area (Å²) in [5.74, 6) is -1.47. The van der Waals surface area contributed by atoms with Crippen LogP contribution in [-0.2, 0) is 0 Å². The summed E-state index contributed by atoms with van der Waals surface area (Å²) >= 11 is 1.52. The Balaban J connectivity index is 1.39. The van der Waals surface area contributed by atoms with E-state index < -0.39 is 17.7 Å². The number of hydrogen-bond donors (Lipinski definition) is 1. The second-order valence-electron chi connectivity index (χ2n) is 5.85. The van der Waals surface area contributed by atoms with Gasteiger partial charge in [-0.15, -0.1) is 0 Å². The first-order chi connectivity index (χ1) is 12.6. The standard InChI is InChI=1S/C17H15F2N5OS/c18-11-3-4-13(12(19)10-11)21-16(25)23-6-8-24(9-7-23)17-22-14-2-1-5-20-15(14)26-17/h1-5,10H,6-9H2,(H,21,25). The third-order valence-corrected chi connectivity index (χ3v) is 5.21. The SMILES string of the molecule is O=C(Nc1ccc(F)cc1F)N1CCN(c2nc3cccnc3s2)CC1. The smallest absolute Gasteiger partial charge is 0.322 e. The van der Waals surface area contributed by atoms with Crippen molar-refractivity contribution in [2.75, 3.05) is 36.4 Å². The van der Waals surface area contributed by atoms with Crippen LogP contribution < -0.4 is 10.2 Å². The van der Waals surface area contributed by atoms with Gasteiger partial charge in [-0.2, -0.15) is 0 Å². The van der Waals surface area contributed by atoms with Gasteiger partial charge >= 0.3 is 6.03 Å². The maximum absolute atomic E-state index is 13.7. The number of benzene rings is 1. The second-order valence-corrected chi connectivity index (χ2v) is 6.81. The molecule has 3 heterocycles. The molecule has 134 valence electrons. The number of rotatable bonds is 2. The monoisotopic (exact) mass is 375 g/mol. The summed E-state index contributed by atoms with van der Waals surface area (Å²) < 4.78 is 26.6. The summed E-state index contributed by atoms with van der Waals surface area (Å²) in [7, 11) is 0. The van der Waals surface area contributed by atoms with E-state index in [-0.39, 0.29) is 5.69 Å². The number of pyridine rings is 1. The van der Waals surface area contributed by atoms with Crippen molar-refractivity contribution in [2.45, 2.75) is 0 Å². The molecule has 0 bridgehead atoms. The van der Waals surface area contributed by atoms with E-state index in [2.05, 4.69) is 20.2 Å². The lowest BCUT2D eigenvalue weighted by molar-refractivity contribution is 0.208. The molecule has 1 fully saturated rings. The molecule has 0 spiro atoms. The van der Waals surface area contributed by atoms with Crippen molar-refractivity contribution in [2.24, 2.45) is 0 Å². The molecule has 6 nitrogen and oxygen atoms in total. The fourth-order valence-electron chi connectivity index (χ4n) is 2.78. The molecule has 0 unspecified atom stereocenters. The number of nitrogens with one attached hydrogen (secondary N) is 1. The fourth-order valence-corrected chi connectivity index (χ4v) is 3.74. The minimum Gasteiger partial charge on any atom is -0.344 e. The number of nitrogens with zero attached hydrogens (tertiary/aromatic N) is 4. The molecule has 2 aromatic heterocycles. The van der Waals surface area contributed by atoms with Crippen molar-refractivity contribution >= 4 is 38.5 Å². The van der Waals surface area contributed by atoms with Gasteiger partial charge in [0.15, 0.2) is 5.13 Å². The minimum atomic E-state index is -0.793. The van der Waals surface area contributed by atoms with E-state index in [0.29, 0.717) is 26.2 Å². The lowest BCUT2D eigenvalue weighted by atomic mass is 10.3. The van der Waals surface area contributed by atoms with Crippen LogP contribution >= 0.6 is 11.3 Å². The van der Waals surface area contributed by atoms with E-state index in [1.807, 2.05) is 12.1 Å². The third kappa shape index (κ3) is 3.30. The van der Waals surface area contributed by atoms with Crippen LogP contribution in [0, 0.1) is 11.6 Å². The Bertz CT molecular complexity index is 922. The van der Waals surface area contributed by atoms with Gasteiger partial charge in [0.25, 0.3) is 0 Å². The Labute approximate surface area is 152 Å². The molecule has 1 aromatic carbocycles. The first kappa shape index (κ1) is 16.6. The van der Waals surface area contributed by atoms with Crippen LogP contribution in [-0.4, -0.2) is 47.1 Å². The molecule has 0 atom stereocenters. The van der Waals surface area contributed by atoms with Gasteiger partial charge in [0.1, 0.15) is 22.0 Å². The summed E-state index contributed by atoms with van der Waals surface area (Å²) in [6, 6.07) is 6.44. The molecule has 0 saturated carbocycles. The van der Waals surface area contributed by atoms with Gasteiger partial charge in [-0.05, 0) is 24.3 Å². The van der Waals surface area contributed by atoms with E-state index in [1.165, 1.54) is 17.4 Å². The molecule has 1 saturated heterocycles. The predicted octanol–water partition coefficient (Wildman–Crippen LogP) is 3.32. The number of hydrogen-bond acceptors (Lipinski definition) is 5. The molecular formula is C17H15F2N5OS. The Kier molecular flexibility index (Phi) is 4.37. The van der Waals surface area contributed by atoms with Gasteiger partial charge in [0, 0.05) is 38.4 Å². The van der Waals surface area contributed by atoms with Gasteiger partial charge < -0.3 is 15.1 Å². The number of halogens is 2. The van der Waals surface area contributed by atoms with Crippen LogP contribution in [0.2, 0.25) is 0 Å². The molecule has 3 aromatic rings. The molecular weight excluding hydrogens is 360 g/mol. The zero-order valence-corrected chi connectivity index (χ0v) is 14.5. The third-order valence-electron chi connectivity index (χ3n) is 4.17. The maximum Gasteiger partial charge on any atom is 0.322 e. The molecule has 1 aliphatic heterocycles. The topological polar surface area (TPSA) is 61.4 Å². The first-order valence-electron chi connectivity index (χ1n) is 8.07. The first-order valence-corrected chi connectivity index (χ1v) is 8.89. The Morgan fingerprint density at radius 3 is 2.69 bits per heavy atom. The number of urea groups is 1. The maximum atomic E-state index is 13.7. The minimum absolute atomic E-state index is 0.0314. The van der Waals surface area contributed by atoms with Crippen molar-refractivity contribution in [3.63, 3.8) is 0 Å². The number of thiazole rings is 1. The van der Waals surface area contributed by atoms with Gasteiger partial charge in [0.2, 0.25) is 0 Å². The van der Waals surface area contributed by atoms with Gasteiger partial charge in [-0.1, -0.05) is 11.3 Å². The molecule has 1 N–H and O–H groups in total. The summed E-state index contributed by atoms with van der Waals surface area (Å²) in [4.78, 5) is 25.8. The van der Waals surface area contributed by atoms with Crippen LogP contribution in [0.4, 0.5) is 24.4 Å². The quantitative estimate of drug-likeness (QED) is 0.746. The summed E-state index contributed by atoms with van der Waals surface area (Å²) in [6.45, 7) is 2.22. The fraction of sp³-hybridized carbons (Fsp3) is 0.235. The molecule has 0 radical (unpaired) electrons. The number of anilines is 2. The lowest BCUT2D eigenvalue weighted by Crippen LogP contribution is -2.50. The number of piperazine rings is 1. The highest BCUT2D eigenvalue weighted by Gasteiger charge is 2.23. The summed E-state index contributed by atoms with van der Waals surface area (Å²) in [6.07, 6.45) is 1.74. The highest BCUT2D eigenvalue weighted by Crippen LogP contribution is 2.27. The summed E-state index contributed by atoms with van der Waals surface area (Å²) in [5.41, 5.74) is 0.829. The van der Waals surface area contributed by atoms with Crippen LogP contribution in [0.25, 0.3) is 10.3 Å². The van der Waals surface area contributed by atoms with E-state index in [1.54, 1.807) is 11.1 Å². The average molecular weight is 375 g/mol. The zero-order chi connectivity index (χ0) is 18.1. The van der Waals surface area contributed by atoms with Gasteiger partial charge in [-0.25, -0.2) is 23.5 Å². The predicted molar refractivity (Wildman–Crippen MR) is 96.6 cm³/mol. The van der Waals surface area contributed by atoms with Crippen molar-refractivity contribution in [3.05, 3.63) is 48.2 Å². The number of amides is 2. The molecule has 4 rings (SSSR count). The summed E-state index contributed by atoms with van der Waals surface area (Å²) in [5, 5.41) is 3.37. The van der Waals surface area contributed by atoms with E-state index >= 15 is 0 Å². The Hall–Kier alpha value is -2.81. The van der Waals surface area contributed by atoms with Crippen molar-refractivity contribution in [3.8, 4) is 0 Å². The van der Waals surface area contributed by atoms with Crippen LogP contribution in [0.15, 0.2) is 36.5 Å². The zero-order valence-electron chi connectivity index (χ0n) is 13.7. The Morgan fingerprint density at radius 1 is 1.15 bits per heavy atom. The van der Waals surface area contributed by atoms with Crippen LogP contribution in [0.1, 0.15) is 0 Å². The normalized spacial score (nSPS) is 14.7. The van der Waals surface area contributed by atoms with Gasteiger partial charge in [-0.3, -0.25) is 0 Å². The molecule has 1 aliphatic rings. The number of fused-ring (bicyclic) bond motifs is 1. The van der Waals surface area contributed by atoms with Crippen LogP contribution in [0.5, 0.6) is 0 Å². The van der Waals surface area contributed by atoms with Gasteiger partial charge in [0.05, 0.1) is 5.69 Å². The largest absolute Gasteiger partial charge is 0.344 e. The number of carbonyl (C=O) groups is 1. The average Bonchev–Trinajstić information content (AvgIpc) is 3.08. The van der Waals surface area contributed by atoms with Crippen LogP contribution in [0.3, 0.4) is 0 Å². The molecule has 2 amide bonds. The lowest BCUT2D eigenvalue weighted by Gasteiger charge is -2.34. The highest BCUT2D eigenvalue weighted by molar-refractivity contribution is 7.21. The Morgan fingerprint density at radius 2 is 1.96 bits per heavy atom. The molecule has 9 heteroatoms. The number of carbonyl (C=O) groups excluding carboxylic acids is 1. The van der Waals surface area contributed by atoms with Crippen molar-refractivity contribution in [1.82, 2.24) is 14.9 Å². The molecule has 26 heavy (non-hydrogen) atoms.